The minimum Gasteiger partial charge on any atom is -0.351 e. The van der Waals surface area contributed by atoms with Gasteiger partial charge in [0.1, 0.15) is 10.7 Å². The summed E-state index contributed by atoms with van der Waals surface area (Å²) in [5.41, 5.74) is 2.00. The topological polar surface area (TPSA) is 54.9 Å². The molecule has 0 unspecified atom stereocenters. The Morgan fingerprint density at radius 2 is 2.17 bits per heavy atom. The second-order valence-electron chi connectivity index (χ2n) is 6.26. The van der Waals surface area contributed by atoms with E-state index in [9.17, 15) is 4.79 Å². The van der Waals surface area contributed by atoms with E-state index in [1.165, 1.54) is 29.1 Å². The summed E-state index contributed by atoms with van der Waals surface area (Å²) < 4.78 is 0. The summed E-state index contributed by atoms with van der Waals surface area (Å²) in [5.74, 6) is 1.48. The molecule has 3 heterocycles. The van der Waals surface area contributed by atoms with E-state index < -0.39 is 0 Å². The monoisotopic (exact) mass is 357 g/mol. The lowest BCUT2D eigenvalue weighted by atomic mass is 10.1. The maximum absolute atomic E-state index is 12.6. The quantitative estimate of drug-likeness (QED) is 0.744. The first kappa shape index (κ1) is 15.7. The van der Waals surface area contributed by atoms with Gasteiger partial charge >= 0.3 is 0 Å². The summed E-state index contributed by atoms with van der Waals surface area (Å²) in [6.07, 6.45) is 3.24. The van der Waals surface area contributed by atoms with Crippen molar-refractivity contribution in [2.45, 2.75) is 39.0 Å². The van der Waals surface area contributed by atoms with Crippen molar-refractivity contribution in [1.82, 2.24) is 15.3 Å². The van der Waals surface area contributed by atoms with Crippen molar-refractivity contribution in [3.05, 3.63) is 44.3 Å². The fourth-order valence-electron chi connectivity index (χ4n) is 2.93. The second-order valence-corrected chi connectivity index (χ2v) is 8.29. The fraction of sp³-hybridized carbons (Fsp3) is 0.389. The highest BCUT2D eigenvalue weighted by atomic mass is 32.1. The smallest absolute Gasteiger partial charge is 0.261 e. The molecule has 0 aliphatic heterocycles. The Bertz CT molecular complexity index is 895. The van der Waals surface area contributed by atoms with Crippen molar-refractivity contribution >= 4 is 38.8 Å². The zero-order valence-corrected chi connectivity index (χ0v) is 15.4. The van der Waals surface area contributed by atoms with Crippen molar-refractivity contribution in [1.29, 1.82) is 0 Å². The van der Waals surface area contributed by atoms with Gasteiger partial charge in [0.2, 0.25) is 0 Å². The minimum absolute atomic E-state index is 0.000530. The van der Waals surface area contributed by atoms with Gasteiger partial charge < -0.3 is 5.32 Å². The maximum Gasteiger partial charge on any atom is 0.261 e. The summed E-state index contributed by atoms with van der Waals surface area (Å²) in [6, 6.07) is 4.14. The van der Waals surface area contributed by atoms with E-state index in [4.69, 9.17) is 4.98 Å². The number of amides is 1. The molecule has 4 rings (SSSR count). The van der Waals surface area contributed by atoms with Gasteiger partial charge in [-0.15, -0.1) is 22.7 Å². The Kier molecular flexibility index (Phi) is 4.10. The van der Waals surface area contributed by atoms with Crippen LogP contribution in [0.3, 0.4) is 0 Å². The van der Waals surface area contributed by atoms with Gasteiger partial charge in [0.25, 0.3) is 5.91 Å². The molecule has 0 bridgehead atoms. The Morgan fingerprint density at radius 3 is 2.88 bits per heavy atom. The largest absolute Gasteiger partial charge is 0.351 e. The SMILES string of the molecule is Cc1nc(C2CC2)nc2sc(C(=O)NCCc3cccs3)c(C)c12. The van der Waals surface area contributed by atoms with Crippen molar-refractivity contribution in [2.75, 3.05) is 6.54 Å². The third-order valence-corrected chi connectivity index (χ3v) is 6.49. The Morgan fingerprint density at radius 1 is 1.33 bits per heavy atom. The first-order valence-electron chi connectivity index (χ1n) is 8.21. The zero-order chi connectivity index (χ0) is 16.7. The first-order valence-corrected chi connectivity index (χ1v) is 9.91. The van der Waals surface area contributed by atoms with Crippen LogP contribution in [0.15, 0.2) is 17.5 Å². The molecule has 3 aromatic heterocycles. The van der Waals surface area contributed by atoms with E-state index >= 15 is 0 Å². The molecule has 1 N–H and O–H groups in total. The number of carbonyl (C=O) groups excluding carboxylic acids is 1. The maximum atomic E-state index is 12.6. The van der Waals surface area contributed by atoms with Crippen LogP contribution >= 0.6 is 22.7 Å². The summed E-state index contributed by atoms with van der Waals surface area (Å²) >= 11 is 3.22. The lowest BCUT2D eigenvalue weighted by Crippen LogP contribution is -2.25. The molecule has 4 nitrogen and oxygen atoms in total. The summed E-state index contributed by atoms with van der Waals surface area (Å²) in [6.45, 7) is 4.68. The molecule has 0 spiro atoms. The summed E-state index contributed by atoms with van der Waals surface area (Å²) in [4.78, 5) is 24.9. The van der Waals surface area contributed by atoms with Gasteiger partial charge in [-0.05, 0) is 50.1 Å². The van der Waals surface area contributed by atoms with Crippen LogP contribution in [0.2, 0.25) is 0 Å². The van der Waals surface area contributed by atoms with Gasteiger partial charge in [0, 0.05) is 22.7 Å². The van der Waals surface area contributed by atoms with Crippen molar-refractivity contribution in [3.63, 3.8) is 0 Å². The lowest BCUT2D eigenvalue weighted by Gasteiger charge is -2.03. The highest BCUT2D eigenvalue weighted by Crippen LogP contribution is 2.40. The molecule has 3 aromatic rings. The molecule has 0 radical (unpaired) electrons. The third kappa shape index (κ3) is 2.96. The Balaban J connectivity index is 1.55. The van der Waals surface area contributed by atoms with E-state index in [-0.39, 0.29) is 5.91 Å². The molecule has 6 heteroatoms. The van der Waals surface area contributed by atoms with Gasteiger partial charge in [-0.25, -0.2) is 9.97 Å². The van der Waals surface area contributed by atoms with Crippen molar-refractivity contribution in [2.24, 2.45) is 0 Å². The number of thiophene rings is 2. The van der Waals surface area contributed by atoms with Gasteiger partial charge in [0.15, 0.2) is 0 Å². The molecule has 1 fully saturated rings. The van der Waals surface area contributed by atoms with Crippen LogP contribution in [-0.4, -0.2) is 22.4 Å². The molecule has 124 valence electrons. The summed E-state index contributed by atoms with van der Waals surface area (Å²) in [7, 11) is 0. The molecule has 0 atom stereocenters. The highest BCUT2D eigenvalue weighted by Gasteiger charge is 2.28. The predicted molar refractivity (Wildman–Crippen MR) is 99.2 cm³/mol. The van der Waals surface area contributed by atoms with Gasteiger partial charge in [-0.1, -0.05) is 6.07 Å². The molecule has 1 aliphatic rings. The number of fused-ring (bicyclic) bond motifs is 1. The predicted octanol–water partition coefficient (Wildman–Crippen LogP) is 4.22. The normalized spacial score (nSPS) is 14.2. The standard InChI is InChI=1S/C18H19N3OS2/c1-10-14-11(2)20-16(12-5-6-12)21-18(14)24-15(10)17(22)19-8-7-13-4-3-9-23-13/h3-4,9,12H,5-8H2,1-2H3,(H,19,22). The zero-order valence-electron chi connectivity index (χ0n) is 13.8. The molecule has 1 saturated carbocycles. The number of hydrogen-bond acceptors (Lipinski definition) is 5. The fourth-order valence-corrected chi connectivity index (χ4v) is 4.80. The van der Waals surface area contributed by atoms with E-state index in [1.54, 1.807) is 11.3 Å². The van der Waals surface area contributed by atoms with Crippen LogP contribution in [0.5, 0.6) is 0 Å². The average Bonchev–Trinajstić information content (AvgIpc) is 3.18. The first-order chi connectivity index (χ1) is 11.6. The van der Waals surface area contributed by atoms with Crippen LogP contribution in [0.25, 0.3) is 10.2 Å². The van der Waals surface area contributed by atoms with E-state index in [0.29, 0.717) is 12.5 Å². The molecule has 24 heavy (non-hydrogen) atoms. The van der Waals surface area contributed by atoms with Gasteiger partial charge in [0.05, 0.1) is 10.6 Å². The van der Waals surface area contributed by atoms with Crippen LogP contribution in [0.4, 0.5) is 0 Å². The van der Waals surface area contributed by atoms with E-state index in [2.05, 4.69) is 21.7 Å². The van der Waals surface area contributed by atoms with E-state index in [1.807, 2.05) is 19.9 Å². The number of rotatable bonds is 5. The number of aryl methyl sites for hydroxylation is 2. The third-order valence-electron chi connectivity index (χ3n) is 4.37. The number of carbonyl (C=O) groups is 1. The van der Waals surface area contributed by atoms with Gasteiger partial charge in [-0.3, -0.25) is 4.79 Å². The summed E-state index contributed by atoms with van der Waals surface area (Å²) in [5, 5.41) is 6.15. The van der Waals surface area contributed by atoms with Crippen LogP contribution in [-0.2, 0) is 6.42 Å². The molecule has 1 amide bonds. The second kappa shape index (κ2) is 6.26. The number of aromatic nitrogens is 2. The van der Waals surface area contributed by atoms with Crippen LogP contribution in [0.1, 0.15) is 50.4 Å². The average molecular weight is 358 g/mol. The molecule has 0 aromatic carbocycles. The van der Waals surface area contributed by atoms with Crippen molar-refractivity contribution < 1.29 is 4.79 Å². The number of nitrogens with zero attached hydrogens (tertiary/aromatic N) is 2. The van der Waals surface area contributed by atoms with Crippen LogP contribution in [0, 0.1) is 13.8 Å². The van der Waals surface area contributed by atoms with E-state index in [0.717, 1.165) is 38.6 Å². The van der Waals surface area contributed by atoms with Gasteiger partial charge in [-0.2, -0.15) is 0 Å². The molecular formula is C18H19N3OS2. The molecular weight excluding hydrogens is 338 g/mol. The number of nitrogens with one attached hydrogen (secondary N) is 1. The Hall–Kier alpha value is -1.79. The number of hydrogen-bond donors (Lipinski definition) is 1. The molecule has 1 aliphatic carbocycles. The lowest BCUT2D eigenvalue weighted by molar-refractivity contribution is 0.0958. The van der Waals surface area contributed by atoms with Crippen LogP contribution < -0.4 is 5.32 Å². The Labute approximate surface area is 149 Å². The highest BCUT2D eigenvalue weighted by molar-refractivity contribution is 7.20. The molecule has 0 saturated heterocycles. The van der Waals surface area contributed by atoms with Crippen molar-refractivity contribution in [3.8, 4) is 0 Å². The minimum atomic E-state index is -0.000530.